The Kier molecular flexibility index (Phi) is 5.50. The molecule has 0 amide bonds. The normalized spacial score (nSPS) is 10.7. The zero-order valence-corrected chi connectivity index (χ0v) is 16.3. The van der Waals surface area contributed by atoms with Gasteiger partial charge in [-0.05, 0) is 36.6 Å². The number of aromatic nitrogens is 4. The molecular weight excluding hydrogens is 370 g/mol. The Morgan fingerprint density at radius 1 is 1.21 bits per heavy atom. The minimum atomic E-state index is -0.695. The number of nitrogens with one attached hydrogen (secondary N) is 1. The molecule has 0 unspecified atom stereocenters. The molecule has 0 fully saturated rings. The maximum atomic E-state index is 13.5. The van der Waals surface area contributed by atoms with E-state index >= 15 is 0 Å². The largest absolute Gasteiger partial charge is 0.329 e. The van der Waals surface area contributed by atoms with Crippen LogP contribution in [-0.2, 0) is 6.54 Å². The molecule has 3 aromatic rings. The molecule has 0 saturated heterocycles. The predicted molar refractivity (Wildman–Crippen MR) is 106 cm³/mol. The van der Waals surface area contributed by atoms with Crippen molar-refractivity contribution in [2.45, 2.75) is 33.2 Å². The Morgan fingerprint density at radius 3 is 2.52 bits per heavy atom. The van der Waals surface area contributed by atoms with Crippen molar-refractivity contribution in [3.63, 3.8) is 0 Å². The lowest BCUT2D eigenvalue weighted by atomic mass is 9.95. The Hall–Kier alpha value is -3.86. The highest BCUT2D eigenvalue weighted by atomic mass is 16.2. The second-order valence-corrected chi connectivity index (χ2v) is 7.04. The standard InChI is InChI=1S/C21H19N5O3/c1-12(2)17-18(19(27)16-5-13(3)4-14(6-16)7-22)26(21(29)25-20(17)28)10-15-8-23-11-24-9-15/h4-6,8-9,11-12H,10H2,1-3H3,(H,25,28,29). The molecule has 0 bridgehead atoms. The van der Waals surface area contributed by atoms with Crippen LogP contribution in [0.4, 0.5) is 0 Å². The first-order valence-corrected chi connectivity index (χ1v) is 8.99. The van der Waals surface area contributed by atoms with Gasteiger partial charge in [0.25, 0.3) is 5.56 Å². The fraction of sp³-hybridized carbons (Fsp3) is 0.238. The second kappa shape index (κ2) is 8.02. The van der Waals surface area contributed by atoms with Crippen LogP contribution < -0.4 is 11.2 Å². The number of hydrogen-bond donors (Lipinski definition) is 1. The molecule has 1 aromatic carbocycles. The summed E-state index contributed by atoms with van der Waals surface area (Å²) in [6.07, 6.45) is 4.43. The lowest BCUT2D eigenvalue weighted by Gasteiger charge is -2.17. The molecule has 0 atom stereocenters. The van der Waals surface area contributed by atoms with Crippen molar-refractivity contribution in [3.05, 3.63) is 91.3 Å². The molecule has 2 heterocycles. The van der Waals surface area contributed by atoms with Gasteiger partial charge < -0.3 is 0 Å². The summed E-state index contributed by atoms with van der Waals surface area (Å²) in [6.45, 7) is 5.35. The minimum absolute atomic E-state index is 0.00657. The van der Waals surface area contributed by atoms with Gasteiger partial charge in [-0.25, -0.2) is 14.8 Å². The van der Waals surface area contributed by atoms with Gasteiger partial charge in [0.15, 0.2) is 0 Å². The molecule has 0 spiro atoms. The Morgan fingerprint density at radius 2 is 1.90 bits per heavy atom. The average Bonchev–Trinajstić information content (AvgIpc) is 2.69. The third kappa shape index (κ3) is 4.04. The number of carbonyl (C=O) groups is 1. The van der Waals surface area contributed by atoms with E-state index in [1.165, 1.54) is 29.4 Å². The van der Waals surface area contributed by atoms with Crippen LogP contribution >= 0.6 is 0 Å². The number of aromatic amines is 1. The molecular formula is C21H19N5O3. The summed E-state index contributed by atoms with van der Waals surface area (Å²) in [7, 11) is 0. The molecule has 8 nitrogen and oxygen atoms in total. The van der Waals surface area contributed by atoms with Gasteiger partial charge >= 0.3 is 5.69 Å². The van der Waals surface area contributed by atoms with Crippen LogP contribution in [0, 0.1) is 18.3 Å². The quantitative estimate of drug-likeness (QED) is 0.665. The molecule has 3 rings (SSSR count). The van der Waals surface area contributed by atoms with Gasteiger partial charge in [0.1, 0.15) is 12.0 Å². The van der Waals surface area contributed by atoms with Crippen LogP contribution in [0.1, 0.15) is 58.1 Å². The Balaban J connectivity index is 2.29. The molecule has 2 aromatic heterocycles. The molecule has 8 heteroatoms. The van der Waals surface area contributed by atoms with Crippen LogP contribution in [0.3, 0.4) is 0 Å². The highest BCUT2D eigenvalue weighted by Crippen LogP contribution is 2.20. The minimum Gasteiger partial charge on any atom is -0.287 e. The lowest BCUT2D eigenvalue weighted by Crippen LogP contribution is -2.38. The van der Waals surface area contributed by atoms with Crippen molar-refractivity contribution in [2.24, 2.45) is 0 Å². The maximum Gasteiger partial charge on any atom is 0.329 e. The van der Waals surface area contributed by atoms with Crippen molar-refractivity contribution in [1.29, 1.82) is 5.26 Å². The van der Waals surface area contributed by atoms with E-state index in [2.05, 4.69) is 15.0 Å². The first-order chi connectivity index (χ1) is 13.8. The van der Waals surface area contributed by atoms with Gasteiger partial charge in [-0.1, -0.05) is 13.8 Å². The van der Waals surface area contributed by atoms with Crippen LogP contribution in [-0.4, -0.2) is 25.3 Å². The zero-order valence-electron chi connectivity index (χ0n) is 16.3. The molecule has 29 heavy (non-hydrogen) atoms. The Bertz CT molecular complexity index is 1230. The topological polar surface area (TPSA) is 122 Å². The molecule has 0 aliphatic carbocycles. The van der Waals surface area contributed by atoms with Crippen molar-refractivity contribution in [1.82, 2.24) is 19.5 Å². The summed E-state index contributed by atoms with van der Waals surface area (Å²) in [6, 6.07) is 6.78. The zero-order chi connectivity index (χ0) is 21.1. The molecule has 0 aliphatic heterocycles. The smallest absolute Gasteiger partial charge is 0.287 e. The van der Waals surface area contributed by atoms with E-state index < -0.39 is 17.0 Å². The third-order valence-corrected chi connectivity index (χ3v) is 4.45. The van der Waals surface area contributed by atoms with Gasteiger partial charge in [-0.3, -0.25) is 19.1 Å². The number of rotatable bonds is 5. The van der Waals surface area contributed by atoms with Gasteiger partial charge in [0.2, 0.25) is 5.78 Å². The van der Waals surface area contributed by atoms with Crippen LogP contribution in [0.5, 0.6) is 0 Å². The van der Waals surface area contributed by atoms with Gasteiger partial charge in [0, 0.05) is 29.1 Å². The van der Waals surface area contributed by atoms with Crippen LogP contribution in [0.15, 0.2) is 46.5 Å². The maximum absolute atomic E-state index is 13.5. The first kappa shape index (κ1) is 19.9. The number of nitriles is 1. The number of ketones is 1. The van der Waals surface area contributed by atoms with Gasteiger partial charge in [0.05, 0.1) is 18.2 Å². The fourth-order valence-corrected chi connectivity index (χ4v) is 3.23. The number of hydrogen-bond acceptors (Lipinski definition) is 6. The molecule has 0 aliphatic rings. The summed E-state index contributed by atoms with van der Waals surface area (Å²) >= 11 is 0. The van der Waals surface area contributed by atoms with E-state index in [0.29, 0.717) is 11.1 Å². The number of nitrogens with zero attached hydrogens (tertiary/aromatic N) is 4. The highest BCUT2D eigenvalue weighted by molar-refractivity contribution is 6.09. The number of H-pyrrole nitrogens is 1. The van der Waals surface area contributed by atoms with E-state index in [1.54, 1.807) is 32.9 Å². The van der Waals surface area contributed by atoms with Crippen molar-refractivity contribution in [2.75, 3.05) is 0 Å². The van der Waals surface area contributed by atoms with Crippen molar-refractivity contribution >= 4 is 5.78 Å². The first-order valence-electron chi connectivity index (χ1n) is 8.99. The molecule has 0 radical (unpaired) electrons. The van der Waals surface area contributed by atoms with E-state index in [0.717, 1.165) is 5.56 Å². The summed E-state index contributed by atoms with van der Waals surface area (Å²) in [5.74, 6) is -0.800. The van der Waals surface area contributed by atoms with Crippen LogP contribution in [0.25, 0.3) is 0 Å². The van der Waals surface area contributed by atoms with Gasteiger partial charge in [-0.15, -0.1) is 0 Å². The van der Waals surface area contributed by atoms with E-state index in [-0.39, 0.29) is 29.3 Å². The summed E-state index contributed by atoms with van der Waals surface area (Å²) in [5, 5.41) is 9.23. The fourth-order valence-electron chi connectivity index (χ4n) is 3.23. The average molecular weight is 389 g/mol. The molecule has 0 saturated carbocycles. The van der Waals surface area contributed by atoms with E-state index in [4.69, 9.17) is 0 Å². The highest BCUT2D eigenvalue weighted by Gasteiger charge is 2.25. The lowest BCUT2D eigenvalue weighted by molar-refractivity contribution is 0.102. The second-order valence-electron chi connectivity index (χ2n) is 7.04. The molecule has 146 valence electrons. The summed E-state index contributed by atoms with van der Waals surface area (Å²) < 4.78 is 1.23. The number of benzene rings is 1. The number of aryl methyl sites for hydroxylation is 1. The predicted octanol–water partition coefficient (Wildman–Crippen LogP) is 1.91. The molecule has 1 N–H and O–H groups in total. The summed E-state index contributed by atoms with van der Waals surface area (Å²) in [4.78, 5) is 48.8. The number of carbonyl (C=O) groups excluding carboxylic acids is 1. The van der Waals surface area contributed by atoms with E-state index in [9.17, 15) is 19.6 Å². The van der Waals surface area contributed by atoms with Crippen molar-refractivity contribution < 1.29 is 4.79 Å². The van der Waals surface area contributed by atoms with E-state index in [1.807, 2.05) is 6.07 Å². The van der Waals surface area contributed by atoms with Crippen molar-refractivity contribution in [3.8, 4) is 6.07 Å². The van der Waals surface area contributed by atoms with Crippen LogP contribution in [0.2, 0.25) is 0 Å². The Labute approximate surface area is 166 Å². The van der Waals surface area contributed by atoms with Gasteiger partial charge in [-0.2, -0.15) is 5.26 Å². The third-order valence-electron chi connectivity index (χ3n) is 4.45. The monoisotopic (exact) mass is 389 g/mol. The SMILES string of the molecule is Cc1cc(C#N)cc(C(=O)c2c(C(C)C)c(=O)[nH]c(=O)n2Cc2cncnc2)c1. The summed E-state index contributed by atoms with van der Waals surface area (Å²) in [5.41, 5.74) is 0.836.